The fraction of sp³-hybridized carbons (Fsp3) is 0.625. The summed E-state index contributed by atoms with van der Waals surface area (Å²) in [5.41, 5.74) is 0.613. The maximum absolute atomic E-state index is 12.1. The second-order valence-electron chi connectivity index (χ2n) is 6.09. The molecule has 1 atom stereocenters. The molecule has 0 spiro atoms. The highest BCUT2D eigenvalue weighted by Crippen LogP contribution is 2.23. The largest absolute Gasteiger partial charge is 0.468 e. The molecule has 1 aromatic heterocycles. The average Bonchev–Trinajstić information content (AvgIpc) is 3.00. The molecule has 1 fully saturated rings. The lowest BCUT2D eigenvalue weighted by Crippen LogP contribution is -2.45. The van der Waals surface area contributed by atoms with Crippen LogP contribution in [-0.2, 0) is 11.3 Å². The quantitative estimate of drug-likeness (QED) is 0.367. The Bertz CT molecular complexity index is 576. The molecule has 2 heterocycles. The molecule has 0 saturated carbocycles. The van der Waals surface area contributed by atoms with Gasteiger partial charge in [0.25, 0.3) is 0 Å². The van der Waals surface area contributed by atoms with E-state index in [4.69, 9.17) is 4.74 Å². The number of halogens is 4. The van der Waals surface area contributed by atoms with E-state index >= 15 is 0 Å². The van der Waals surface area contributed by atoms with Gasteiger partial charge in [-0.3, -0.25) is 4.99 Å². The molecule has 2 N–H and O–H groups in total. The molecule has 1 aliphatic heterocycles. The lowest BCUT2D eigenvalue weighted by molar-refractivity contribution is -0.154. The van der Waals surface area contributed by atoms with Crippen molar-refractivity contribution in [2.45, 2.75) is 38.1 Å². The van der Waals surface area contributed by atoms with Crippen LogP contribution in [0.4, 0.5) is 13.2 Å². The Balaban J connectivity index is 0.00000338. The Morgan fingerprint density at radius 3 is 2.69 bits per heavy atom. The minimum atomic E-state index is -4.38. The van der Waals surface area contributed by atoms with Gasteiger partial charge in [-0.1, -0.05) is 6.07 Å². The summed E-state index contributed by atoms with van der Waals surface area (Å²) >= 11 is 0. The second-order valence-corrected chi connectivity index (χ2v) is 6.09. The van der Waals surface area contributed by atoms with Crippen LogP contribution >= 0.6 is 24.0 Å². The number of nitrogens with one attached hydrogen (secondary N) is 2. The van der Waals surface area contributed by atoms with Gasteiger partial charge >= 0.3 is 6.18 Å². The third kappa shape index (κ3) is 7.94. The molecule has 10 heteroatoms. The van der Waals surface area contributed by atoms with E-state index in [2.05, 4.69) is 32.3 Å². The number of nitrogens with zero attached hydrogens (tertiary/aromatic N) is 2. The van der Waals surface area contributed by atoms with Gasteiger partial charge in [-0.25, -0.2) is 4.98 Å². The topological polar surface area (TPSA) is 67.8 Å². The van der Waals surface area contributed by atoms with Crippen molar-refractivity contribution in [2.75, 3.05) is 26.8 Å². The summed E-state index contributed by atoms with van der Waals surface area (Å²) in [4.78, 5) is 8.00. The predicted octanol–water partition coefficient (Wildman–Crippen LogP) is 2.87. The molecule has 1 aliphatic rings. The lowest BCUT2D eigenvalue weighted by atomic mass is 10.0. The highest BCUT2D eigenvalue weighted by Gasteiger charge is 2.30. The first-order chi connectivity index (χ1) is 11.8. The molecular weight excluding hydrogens is 464 g/mol. The van der Waals surface area contributed by atoms with E-state index in [1.54, 1.807) is 13.1 Å². The lowest BCUT2D eigenvalue weighted by Gasteiger charge is -2.24. The molecule has 0 aromatic carbocycles. The molecule has 6 nitrogen and oxygen atoms in total. The van der Waals surface area contributed by atoms with Crippen molar-refractivity contribution in [3.63, 3.8) is 0 Å². The summed E-state index contributed by atoms with van der Waals surface area (Å²) in [6, 6.07) is 3.06. The van der Waals surface area contributed by atoms with Gasteiger partial charge in [0.15, 0.2) is 12.6 Å². The number of ether oxygens (including phenoxy) is 2. The molecule has 0 amide bonds. The summed E-state index contributed by atoms with van der Waals surface area (Å²) < 4.78 is 46.5. The second kappa shape index (κ2) is 10.1. The molecule has 1 aromatic rings. The van der Waals surface area contributed by atoms with Crippen LogP contribution in [0.5, 0.6) is 5.88 Å². The molecule has 2 rings (SSSR count). The number of rotatable bonds is 6. The van der Waals surface area contributed by atoms with Crippen LogP contribution in [0.2, 0.25) is 0 Å². The molecule has 26 heavy (non-hydrogen) atoms. The molecule has 1 unspecified atom stereocenters. The number of aromatic nitrogens is 1. The van der Waals surface area contributed by atoms with Crippen LogP contribution in [0, 0.1) is 0 Å². The average molecular weight is 488 g/mol. The van der Waals surface area contributed by atoms with E-state index in [0.29, 0.717) is 19.0 Å². The minimum Gasteiger partial charge on any atom is -0.468 e. The number of hydrogen-bond acceptors (Lipinski definition) is 4. The van der Waals surface area contributed by atoms with Crippen LogP contribution in [0.3, 0.4) is 0 Å². The molecule has 0 bridgehead atoms. The Labute approximate surface area is 168 Å². The maximum Gasteiger partial charge on any atom is 0.422 e. The number of guanidine groups is 1. The fourth-order valence-electron chi connectivity index (χ4n) is 2.41. The zero-order chi connectivity index (χ0) is 18.3. The van der Waals surface area contributed by atoms with Crippen LogP contribution in [0.1, 0.15) is 25.3 Å². The van der Waals surface area contributed by atoms with Gasteiger partial charge in [0.1, 0.15) is 0 Å². The molecule has 1 saturated heterocycles. The monoisotopic (exact) mass is 488 g/mol. The third-order valence-electron chi connectivity index (χ3n) is 3.80. The van der Waals surface area contributed by atoms with Crippen LogP contribution in [0.15, 0.2) is 23.3 Å². The van der Waals surface area contributed by atoms with Crippen LogP contribution in [-0.4, -0.2) is 49.5 Å². The molecular formula is C16H24F3IN4O2. The predicted molar refractivity (Wildman–Crippen MR) is 103 cm³/mol. The number of hydrogen-bond donors (Lipinski definition) is 2. The van der Waals surface area contributed by atoms with Crippen molar-refractivity contribution in [3.8, 4) is 5.88 Å². The van der Waals surface area contributed by atoms with E-state index in [0.717, 1.165) is 25.0 Å². The number of aliphatic imine (C=N–C) groups is 1. The zero-order valence-corrected chi connectivity index (χ0v) is 17.1. The summed E-state index contributed by atoms with van der Waals surface area (Å²) in [6.45, 7) is 2.57. The van der Waals surface area contributed by atoms with Gasteiger partial charge in [-0.2, -0.15) is 13.2 Å². The van der Waals surface area contributed by atoms with E-state index in [9.17, 15) is 13.2 Å². The first kappa shape index (κ1) is 22.7. The van der Waals surface area contributed by atoms with Crippen LogP contribution in [0.25, 0.3) is 0 Å². The summed E-state index contributed by atoms with van der Waals surface area (Å²) in [6.07, 6.45) is -0.855. The maximum atomic E-state index is 12.1. The van der Waals surface area contributed by atoms with Crippen molar-refractivity contribution in [3.05, 3.63) is 23.9 Å². The summed E-state index contributed by atoms with van der Waals surface area (Å²) in [5, 5.41) is 6.34. The summed E-state index contributed by atoms with van der Waals surface area (Å²) in [5.74, 6) is 0.559. The Hall–Kier alpha value is -1.30. The van der Waals surface area contributed by atoms with Crippen molar-refractivity contribution >= 4 is 29.9 Å². The van der Waals surface area contributed by atoms with Gasteiger partial charge in [-0.15, -0.1) is 24.0 Å². The van der Waals surface area contributed by atoms with E-state index in [1.807, 2.05) is 0 Å². The first-order valence-corrected chi connectivity index (χ1v) is 8.03. The standard InChI is InChI=1S/C16H23F3N4O2.HI/c1-15(6-3-7-25-15)10-23-14(20-2)22-9-12-4-5-13(21-8-12)24-11-16(17,18)19;/h4-5,8H,3,6-7,9-11H2,1-2H3,(H2,20,22,23);1H. The molecule has 0 radical (unpaired) electrons. The normalized spacial score (nSPS) is 20.4. The summed E-state index contributed by atoms with van der Waals surface area (Å²) in [7, 11) is 1.67. The Morgan fingerprint density at radius 1 is 1.38 bits per heavy atom. The first-order valence-electron chi connectivity index (χ1n) is 8.03. The van der Waals surface area contributed by atoms with E-state index in [1.165, 1.54) is 12.3 Å². The highest BCUT2D eigenvalue weighted by molar-refractivity contribution is 14.0. The van der Waals surface area contributed by atoms with Gasteiger partial charge in [0, 0.05) is 39.0 Å². The Kier molecular flexibility index (Phi) is 8.87. The zero-order valence-electron chi connectivity index (χ0n) is 14.7. The number of alkyl halides is 3. The van der Waals surface area contributed by atoms with Gasteiger partial charge in [0.05, 0.1) is 5.60 Å². The van der Waals surface area contributed by atoms with Crippen molar-refractivity contribution in [1.82, 2.24) is 15.6 Å². The number of pyridine rings is 1. The van der Waals surface area contributed by atoms with Gasteiger partial charge in [0.2, 0.25) is 5.88 Å². The van der Waals surface area contributed by atoms with E-state index in [-0.39, 0.29) is 35.5 Å². The third-order valence-corrected chi connectivity index (χ3v) is 3.80. The smallest absolute Gasteiger partial charge is 0.422 e. The van der Waals surface area contributed by atoms with Gasteiger partial charge < -0.3 is 20.1 Å². The Morgan fingerprint density at radius 2 is 2.15 bits per heavy atom. The van der Waals surface area contributed by atoms with Crippen molar-refractivity contribution in [2.24, 2.45) is 4.99 Å². The minimum absolute atomic E-state index is 0. The fourth-order valence-corrected chi connectivity index (χ4v) is 2.41. The van der Waals surface area contributed by atoms with Crippen molar-refractivity contribution < 1.29 is 22.6 Å². The SMILES string of the molecule is CN=C(NCc1ccc(OCC(F)(F)F)nc1)NCC1(C)CCCO1.I. The highest BCUT2D eigenvalue weighted by atomic mass is 127. The van der Waals surface area contributed by atoms with Crippen molar-refractivity contribution in [1.29, 1.82) is 0 Å². The van der Waals surface area contributed by atoms with E-state index < -0.39 is 12.8 Å². The van der Waals surface area contributed by atoms with Crippen LogP contribution < -0.4 is 15.4 Å². The molecule has 0 aliphatic carbocycles. The molecule has 148 valence electrons. The van der Waals surface area contributed by atoms with Gasteiger partial charge in [-0.05, 0) is 25.3 Å².